The molecule has 0 saturated carbocycles. The number of para-hydroxylation sites is 1. The summed E-state index contributed by atoms with van der Waals surface area (Å²) in [6, 6.07) is 7.16. The van der Waals surface area contributed by atoms with E-state index in [4.69, 9.17) is 11.2 Å². The number of Topliss-reactive ketones (excluding diaryl/α,β-unsaturated/α-hetero) is 1. The smallest absolute Gasteiger partial charge is 0.167 e. The number of ether oxygens (including phenoxy) is 1. The summed E-state index contributed by atoms with van der Waals surface area (Å²) in [5.74, 6) is 3.08. The molecule has 0 N–H and O–H groups in total. The van der Waals surface area contributed by atoms with Gasteiger partial charge in [-0.1, -0.05) is 12.1 Å². The predicted molar refractivity (Wildman–Crippen MR) is 55.4 cm³/mol. The second-order valence-electron chi connectivity index (χ2n) is 2.83. The molecule has 72 valence electrons. The van der Waals surface area contributed by atoms with Crippen molar-refractivity contribution in [1.82, 2.24) is 0 Å². The van der Waals surface area contributed by atoms with Gasteiger partial charge in [0.15, 0.2) is 5.78 Å². The summed E-state index contributed by atoms with van der Waals surface area (Å²) in [7, 11) is 1.55. The summed E-state index contributed by atoms with van der Waals surface area (Å²) in [5.41, 5.74) is 0.602. The Morgan fingerprint density at radius 2 is 2.21 bits per heavy atom. The molecule has 0 fully saturated rings. The molecule has 0 radical (unpaired) electrons. The Bertz CT molecular complexity index is 361. The van der Waals surface area contributed by atoms with E-state index >= 15 is 0 Å². The number of carbonyl (C=O) groups excluding carboxylic acids is 1. The fourth-order valence-electron chi connectivity index (χ4n) is 1.20. The SMILES string of the molecule is C#CCCC(=O)c1ccccc1OC. The minimum absolute atomic E-state index is 0.0281. The molecule has 1 aromatic rings. The number of rotatable bonds is 4. The van der Waals surface area contributed by atoms with Crippen molar-refractivity contribution in [3.8, 4) is 18.1 Å². The third-order valence-corrected chi connectivity index (χ3v) is 1.90. The monoisotopic (exact) mass is 188 g/mol. The van der Waals surface area contributed by atoms with Gasteiger partial charge in [0.05, 0.1) is 12.7 Å². The molecular weight excluding hydrogens is 176 g/mol. The number of hydrogen-bond donors (Lipinski definition) is 0. The van der Waals surface area contributed by atoms with E-state index < -0.39 is 0 Å². The van der Waals surface area contributed by atoms with Crippen LogP contribution >= 0.6 is 0 Å². The van der Waals surface area contributed by atoms with Crippen LogP contribution in [0.4, 0.5) is 0 Å². The van der Waals surface area contributed by atoms with E-state index in [-0.39, 0.29) is 5.78 Å². The molecule has 0 amide bonds. The zero-order chi connectivity index (χ0) is 10.4. The standard InChI is InChI=1S/C12H12O2/c1-3-4-8-11(13)10-7-5-6-9-12(10)14-2/h1,5-7,9H,4,8H2,2H3. The summed E-state index contributed by atoms with van der Waals surface area (Å²) in [6.45, 7) is 0. The van der Waals surface area contributed by atoms with Gasteiger partial charge < -0.3 is 4.74 Å². The van der Waals surface area contributed by atoms with Gasteiger partial charge in [-0.25, -0.2) is 0 Å². The molecule has 0 aliphatic rings. The van der Waals surface area contributed by atoms with Crippen LogP contribution in [0, 0.1) is 12.3 Å². The van der Waals surface area contributed by atoms with Crippen LogP contribution in [0.25, 0.3) is 0 Å². The van der Waals surface area contributed by atoms with Gasteiger partial charge in [-0.15, -0.1) is 12.3 Å². The minimum atomic E-state index is 0.0281. The van der Waals surface area contributed by atoms with E-state index in [1.165, 1.54) is 0 Å². The molecule has 0 bridgehead atoms. The molecule has 0 aliphatic heterocycles. The molecule has 0 aliphatic carbocycles. The second-order valence-corrected chi connectivity index (χ2v) is 2.83. The highest BCUT2D eigenvalue weighted by molar-refractivity contribution is 5.98. The maximum absolute atomic E-state index is 11.6. The van der Waals surface area contributed by atoms with Crippen LogP contribution in [0.3, 0.4) is 0 Å². The van der Waals surface area contributed by atoms with Gasteiger partial charge in [0, 0.05) is 12.8 Å². The molecule has 0 spiro atoms. The van der Waals surface area contributed by atoms with Crippen molar-refractivity contribution in [2.24, 2.45) is 0 Å². The van der Waals surface area contributed by atoms with E-state index in [1.807, 2.05) is 12.1 Å². The number of hydrogen-bond acceptors (Lipinski definition) is 2. The average Bonchev–Trinajstić information content (AvgIpc) is 2.25. The molecule has 1 aromatic carbocycles. The summed E-state index contributed by atoms with van der Waals surface area (Å²) >= 11 is 0. The number of ketones is 1. The van der Waals surface area contributed by atoms with Gasteiger partial charge in [0.1, 0.15) is 5.75 Å². The van der Waals surface area contributed by atoms with Crippen LogP contribution in [-0.2, 0) is 0 Å². The van der Waals surface area contributed by atoms with Gasteiger partial charge in [0.25, 0.3) is 0 Å². The molecule has 2 nitrogen and oxygen atoms in total. The van der Waals surface area contributed by atoms with Gasteiger partial charge in [-0.2, -0.15) is 0 Å². The lowest BCUT2D eigenvalue weighted by Crippen LogP contribution is -2.01. The molecule has 1 rings (SSSR count). The van der Waals surface area contributed by atoms with Gasteiger partial charge >= 0.3 is 0 Å². The Balaban J connectivity index is 2.84. The lowest BCUT2D eigenvalue weighted by Gasteiger charge is -2.05. The molecule has 0 unspecified atom stereocenters. The van der Waals surface area contributed by atoms with Crippen molar-refractivity contribution in [3.63, 3.8) is 0 Å². The minimum Gasteiger partial charge on any atom is -0.496 e. The topological polar surface area (TPSA) is 26.3 Å². The molecule has 2 heteroatoms. The van der Waals surface area contributed by atoms with E-state index in [1.54, 1.807) is 19.2 Å². The number of carbonyl (C=O) groups is 1. The van der Waals surface area contributed by atoms with E-state index in [0.29, 0.717) is 24.2 Å². The zero-order valence-corrected chi connectivity index (χ0v) is 8.12. The fourth-order valence-corrected chi connectivity index (χ4v) is 1.20. The van der Waals surface area contributed by atoms with Gasteiger partial charge in [-0.3, -0.25) is 4.79 Å². The molecule has 14 heavy (non-hydrogen) atoms. The van der Waals surface area contributed by atoms with Crippen molar-refractivity contribution < 1.29 is 9.53 Å². The summed E-state index contributed by atoms with van der Waals surface area (Å²) in [4.78, 5) is 11.6. The Labute approximate surface area is 83.9 Å². The Morgan fingerprint density at radius 1 is 1.50 bits per heavy atom. The highest BCUT2D eigenvalue weighted by atomic mass is 16.5. The van der Waals surface area contributed by atoms with Crippen LogP contribution in [0.2, 0.25) is 0 Å². The highest BCUT2D eigenvalue weighted by Crippen LogP contribution is 2.19. The Hall–Kier alpha value is -1.75. The number of benzene rings is 1. The quantitative estimate of drug-likeness (QED) is 0.535. The number of terminal acetylenes is 1. The van der Waals surface area contributed by atoms with Crippen molar-refractivity contribution in [2.45, 2.75) is 12.8 Å². The van der Waals surface area contributed by atoms with Crippen LogP contribution in [0.15, 0.2) is 24.3 Å². The van der Waals surface area contributed by atoms with E-state index in [2.05, 4.69) is 5.92 Å². The zero-order valence-electron chi connectivity index (χ0n) is 8.12. The molecule has 0 aromatic heterocycles. The predicted octanol–water partition coefficient (Wildman–Crippen LogP) is 2.29. The first-order valence-electron chi connectivity index (χ1n) is 4.39. The lowest BCUT2D eigenvalue weighted by atomic mass is 10.1. The maximum atomic E-state index is 11.6. The van der Waals surface area contributed by atoms with Crippen LogP contribution in [-0.4, -0.2) is 12.9 Å². The maximum Gasteiger partial charge on any atom is 0.167 e. The average molecular weight is 188 g/mol. The fraction of sp³-hybridized carbons (Fsp3) is 0.250. The summed E-state index contributed by atoms with van der Waals surface area (Å²) in [6.07, 6.45) is 5.93. The molecule has 0 heterocycles. The molecule has 0 saturated heterocycles. The first-order chi connectivity index (χ1) is 6.79. The van der Waals surface area contributed by atoms with Crippen LogP contribution < -0.4 is 4.74 Å². The Kier molecular flexibility index (Phi) is 3.75. The van der Waals surface area contributed by atoms with E-state index in [0.717, 1.165) is 0 Å². The van der Waals surface area contributed by atoms with Crippen LogP contribution in [0.5, 0.6) is 5.75 Å². The van der Waals surface area contributed by atoms with Gasteiger partial charge in [-0.05, 0) is 12.1 Å². The number of methoxy groups -OCH3 is 1. The lowest BCUT2D eigenvalue weighted by molar-refractivity contribution is 0.0981. The Morgan fingerprint density at radius 3 is 2.86 bits per heavy atom. The van der Waals surface area contributed by atoms with Crippen LogP contribution in [0.1, 0.15) is 23.2 Å². The van der Waals surface area contributed by atoms with Crippen molar-refractivity contribution in [2.75, 3.05) is 7.11 Å². The third kappa shape index (κ3) is 2.37. The molecular formula is C12H12O2. The normalized spacial score (nSPS) is 9.14. The largest absolute Gasteiger partial charge is 0.496 e. The summed E-state index contributed by atoms with van der Waals surface area (Å²) < 4.78 is 5.07. The third-order valence-electron chi connectivity index (χ3n) is 1.90. The second kappa shape index (κ2) is 5.08. The van der Waals surface area contributed by atoms with Crippen molar-refractivity contribution in [1.29, 1.82) is 0 Å². The highest BCUT2D eigenvalue weighted by Gasteiger charge is 2.09. The van der Waals surface area contributed by atoms with Gasteiger partial charge in [0.2, 0.25) is 0 Å². The molecule has 0 atom stereocenters. The van der Waals surface area contributed by atoms with Crippen molar-refractivity contribution >= 4 is 5.78 Å². The first kappa shape index (κ1) is 10.3. The van der Waals surface area contributed by atoms with E-state index in [9.17, 15) is 4.79 Å². The summed E-state index contributed by atoms with van der Waals surface area (Å²) in [5, 5.41) is 0. The first-order valence-corrected chi connectivity index (χ1v) is 4.39. The van der Waals surface area contributed by atoms with Crippen molar-refractivity contribution in [3.05, 3.63) is 29.8 Å².